The molecule has 0 unspecified atom stereocenters. The summed E-state index contributed by atoms with van der Waals surface area (Å²) in [6, 6.07) is 5.12. The largest absolute Gasteiger partial charge is 0.494 e. The summed E-state index contributed by atoms with van der Waals surface area (Å²) in [5.74, 6) is -0.0567. The van der Waals surface area contributed by atoms with E-state index in [4.69, 9.17) is 4.74 Å². The van der Waals surface area contributed by atoms with Crippen LogP contribution in [0.3, 0.4) is 0 Å². The monoisotopic (exact) mass is 269 g/mol. The molecule has 0 aliphatic heterocycles. The maximum absolute atomic E-state index is 13.9. The van der Waals surface area contributed by atoms with Crippen molar-refractivity contribution in [3.05, 3.63) is 29.6 Å². The van der Waals surface area contributed by atoms with E-state index in [1.807, 2.05) is 0 Å². The summed E-state index contributed by atoms with van der Waals surface area (Å²) < 4.78 is 18.9. The van der Waals surface area contributed by atoms with Crippen LogP contribution in [0.4, 0.5) is 4.39 Å². The van der Waals surface area contributed by atoms with E-state index >= 15 is 0 Å². The van der Waals surface area contributed by atoms with Crippen LogP contribution in [0, 0.1) is 11.2 Å². The van der Waals surface area contributed by atoms with Gasteiger partial charge in [-0.3, -0.25) is 0 Å². The molecule has 4 heteroatoms. The van der Waals surface area contributed by atoms with Gasteiger partial charge in [0, 0.05) is 30.7 Å². The first-order valence-electron chi connectivity index (χ1n) is 6.75. The fourth-order valence-electron chi connectivity index (χ4n) is 2.09. The predicted molar refractivity (Wildman–Crippen MR) is 74.8 cm³/mol. The van der Waals surface area contributed by atoms with E-state index in [9.17, 15) is 9.50 Å². The Morgan fingerprint density at radius 1 is 1.32 bits per heavy atom. The molecular formula is C15H24FNO2. The number of hydrogen-bond acceptors (Lipinski definition) is 3. The first-order valence-corrected chi connectivity index (χ1v) is 6.75. The average Bonchev–Trinajstić information content (AvgIpc) is 2.46. The highest BCUT2D eigenvalue weighted by Crippen LogP contribution is 2.25. The minimum atomic E-state index is -0.319. The highest BCUT2D eigenvalue weighted by molar-refractivity contribution is 5.30. The molecule has 0 atom stereocenters. The number of rotatable bonds is 8. The molecule has 0 saturated heterocycles. The van der Waals surface area contributed by atoms with Gasteiger partial charge >= 0.3 is 0 Å². The van der Waals surface area contributed by atoms with Gasteiger partial charge in [-0.05, 0) is 18.9 Å². The van der Waals surface area contributed by atoms with E-state index in [1.165, 1.54) is 7.11 Å². The van der Waals surface area contributed by atoms with Crippen LogP contribution < -0.4 is 10.1 Å². The molecule has 0 aromatic heterocycles. The van der Waals surface area contributed by atoms with Gasteiger partial charge in [0.2, 0.25) is 0 Å². The molecule has 1 rings (SSSR count). The van der Waals surface area contributed by atoms with Crippen LogP contribution >= 0.6 is 0 Å². The van der Waals surface area contributed by atoms with Crippen LogP contribution in [0.15, 0.2) is 18.2 Å². The van der Waals surface area contributed by atoms with Crippen molar-refractivity contribution in [2.45, 2.75) is 33.2 Å². The third kappa shape index (κ3) is 3.91. The summed E-state index contributed by atoms with van der Waals surface area (Å²) in [7, 11) is 1.46. The third-order valence-corrected chi connectivity index (χ3v) is 3.91. The van der Waals surface area contributed by atoms with Gasteiger partial charge in [0.1, 0.15) is 0 Å². The van der Waals surface area contributed by atoms with Gasteiger partial charge in [0.15, 0.2) is 11.6 Å². The number of methoxy groups -OCH3 is 1. The first-order chi connectivity index (χ1) is 9.12. The lowest BCUT2D eigenvalue weighted by molar-refractivity contribution is 0.113. The smallest absolute Gasteiger partial charge is 0.169 e. The van der Waals surface area contributed by atoms with Crippen molar-refractivity contribution in [1.29, 1.82) is 0 Å². The van der Waals surface area contributed by atoms with Crippen molar-refractivity contribution in [3.8, 4) is 5.75 Å². The van der Waals surface area contributed by atoms with Crippen molar-refractivity contribution < 1.29 is 14.2 Å². The van der Waals surface area contributed by atoms with E-state index in [2.05, 4.69) is 19.2 Å². The minimum absolute atomic E-state index is 0.116. The summed E-state index contributed by atoms with van der Waals surface area (Å²) in [5, 5.41) is 12.7. The molecule has 108 valence electrons. The zero-order valence-electron chi connectivity index (χ0n) is 12.0. The van der Waals surface area contributed by atoms with Gasteiger partial charge in [-0.1, -0.05) is 26.0 Å². The lowest BCUT2D eigenvalue weighted by atomic mass is 9.83. The molecule has 0 heterocycles. The molecule has 19 heavy (non-hydrogen) atoms. The molecule has 3 nitrogen and oxygen atoms in total. The number of aliphatic hydroxyl groups excluding tert-OH is 1. The second kappa shape index (κ2) is 7.46. The Labute approximate surface area is 114 Å². The average molecular weight is 269 g/mol. The van der Waals surface area contributed by atoms with Crippen molar-refractivity contribution in [2.24, 2.45) is 5.41 Å². The van der Waals surface area contributed by atoms with Crippen molar-refractivity contribution in [3.63, 3.8) is 0 Å². The van der Waals surface area contributed by atoms with Gasteiger partial charge in [-0.25, -0.2) is 4.39 Å². The number of nitrogens with one attached hydrogen (secondary N) is 1. The zero-order valence-corrected chi connectivity index (χ0v) is 12.0. The van der Waals surface area contributed by atoms with Gasteiger partial charge in [0.25, 0.3) is 0 Å². The van der Waals surface area contributed by atoms with Crippen molar-refractivity contribution in [2.75, 3.05) is 20.3 Å². The molecule has 2 N–H and O–H groups in total. The number of benzene rings is 1. The van der Waals surface area contributed by atoms with E-state index in [1.54, 1.807) is 18.2 Å². The zero-order chi connectivity index (χ0) is 14.3. The predicted octanol–water partition coefficient (Wildman–Crippen LogP) is 2.72. The van der Waals surface area contributed by atoms with Crippen molar-refractivity contribution in [1.82, 2.24) is 5.32 Å². The summed E-state index contributed by atoms with van der Waals surface area (Å²) in [5.41, 5.74) is 0.466. The lowest BCUT2D eigenvalue weighted by Gasteiger charge is -2.29. The van der Waals surface area contributed by atoms with Gasteiger partial charge < -0.3 is 15.2 Å². The molecule has 0 spiro atoms. The summed E-state index contributed by atoms with van der Waals surface area (Å²) in [6.45, 7) is 5.38. The Kier molecular flexibility index (Phi) is 6.25. The van der Waals surface area contributed by atoms with Crippen LogP contribution in [-0.2, 0) is 6.54 Å². The standard InChI is InChI=1S/C15H24FNO2/c1-4-15(5-2,11-18)10-17-9-12-7-6-8-13(19-3)14(12)16/h6-8,17-18H,4-5,9-11H2,1-3H3. The molecule has 0 fully saturated rings. The van der Waals surface area contributed by atoms with Gasteiger partial charge in [-0.15, -0.1) is 0 Å². The second-order valence-electron chi connectivity index (χ2n) is 4.90. The molecule has 1 aromatic carbocycles. The van der Waals surface area contributed by atoms with Crippen LogP contribution in [0.1, 0.15) is 32.3 Å². The second-order valence-corrected chi connectivity index (χ2v) is 4.90. The Morgan fingerprint density at radius 2 is 2.00 bits per heavy atom. The molecular weight excluding hydrogens is 245 g/mol. The van der Waals surface area contributed by atoms with Gasteiger partial charge in [0.05, 0.1) is 7.11 Å². The normalized spacial score (nSPS) is 11.6. The highest BCUT2D eigenvalue weighted by Gasteiger charge is 2.24. The Morgan fingerprint density at radius 3 is 2.53 bits per heavy atom. The number of aliphatic hydroxyl groups is 1. The number of halogens is 1. The van der Waals surface area contributed by atoms with Crippen LogP contribution in [-0.4, -0.2) is 25.4 Å². The van der Waals surface area contributed by atoms with E-state index < -0.39 is 0 Å². The lowest BCUT2D eigenvalue weighted by Crippen LogP contribution is -2.36. The minimum Gasteiger partial charge on any atom is -0.494 e. The molecule has 0 aliphatic rings. The summed E-state index contributed by atoms with van der Waals surface area (Å²) in [4.78, 5) is 0. The Bertz CT molecular complexity index is 383. The van der Waals surface area contributed by atoms with Crippen LogP contribution in [0.5, 0.6) is 5.75 Å². The Balaban J connectivity index is 2.63. The molecule has 0 saturated carbocycles. The fraction of sp³-hybridized carbons (Fsp3) is 0.600. The molecule has 0 amide bonds. The topological polar surface area (TPSA) is 41.5 Å². The van der Waals surface area contributed by atoms with E-state index in [-0.39, 0.29) is 23.6 Å². The molecule has 1 aromatic rings. The molecule has 0 bridgehead atoms. The van der Waals surface area contributed by atoms with Crippen LogP contribution in [0.25, 0.3) is 0 Å². The SMILES string of the molecule is CCC(CC)(CO)CNCc1cccc(OC)c1F. The fourth-order valence-corrected chi connectivity index (χ4v) is 2.09. The van der Waals surface area contributed by atoms with Gasteiger partial charge in [-0.2, -0.15) is 0 Å². The summed E-state index contributed by atoms with van der Waals surface area (Å²) in [6.07, 6.45) is 1.79. The maximum Gasteiger partial charge on any atom is 0.169 e. The maximum atomic E-state index is 13.9. The van der Waals surface area contributed by atoms with E-state index in [0.29, 0.717) is 18.7 Å². The molecule has 0 radical (unpaired) electrons. The van der Waals surface area contributed by atoms with Crippen molar-refractivity contribution >= 4 is 0 Å². The van der Waals surface area contributed by atoms with E-state index in [0.717, 1.165) is 12.8 Å². The highest BCUT2D eigenvalue weighted by atomic mass is 19.1. The Hall–Kier alpha value is -1.13. The summed E-state index contributed by atoms with van der Waals surface area (Å²) >= 11 is 0. The molecule has 0 aliphatic carbocycles. The van der Waals surface area contributed by atoms with Crippen LogP contribution in [0.2, 0.25) is 0 Å². The number of ether oxygens (including phenoxy) is 1. The third-order valence-electron chi connectivity index (χ3n) is 3.91. The first kappa shape index (κ1) is 15.9. The number of hydrogen-bond donors (Lipinski definition) is 2. The quantitative estimate of drug-likeness (QED) is 0.762.